The highest BCUT2D eigenvalue weighted by atomic mass is 35.5. The van der Waals surface area contributed by atoms with E-state index in [1.807, 2.05) is 6.92 Å². The number of benzene rings is 2. The molecule has 2 heterocycles. The number of aryl methyl sites for hydroxylation is 3. The normalized spacial score (nSPS) is 15.2. The van der Waals surface area contributed by atoms with Gasteiger partial charge in [0, 0.05) is 29.2 Å². The number of carbonyl (C=O) groups is 2. The van der Waals surface area contributed by atoms with Crippen LogP contribution in [0.2, 0.25) is 5.02 Å². The maximum atomic E-state index is 13.1. The van der Waals surface area contributed by atoms with Gasteiger partial charge in [-0.15, -0.1) is 0 Å². The van der Waals surface area contributed by atoms with Crippen molar-refractivity contribution in [3.63, 3.8) is 0 Å². The van der Waals surface area contributed by atoms with Crippen molar-refractivity contribution < 1.29 is 14.7 Å². The zero-order valence-electron chi connectivity index (χ0n) is 19.6. The number of amides is 1. The van der Waals surface area contributed by atoms with Crippen LogP contribution in [0, 0.1) is 13.8 Å². The van der Waals surface area contributed by atoms with E-state index in [9.17, 15) is 14.7 Å². The van der Waals surface area contributed by atoms with E-state index >= 15 is 0 Å². The summed E-state index contributed by atoms with van der Waals surface area (Å²) in [4.78, 5) is 28.4. The molecule has 35 heavy (non-hydrogen) atoms. The first kappa shape index (κ1) is 23.1. The summed E-state index contributed by atoms with van der Waals surface area (Å²) in [7, 11) is 0. The van der Waals surface area contributed by atoms with Gasteiger partial charge in [0.05, 0.1) is 22.7 Å². The average Bonchev–Trinajstić information content (AvgIpc) is 3.38. The predicted octanol–water partition coefficient (Wildman–Crippen LogP) is 4.25. The molecule has 1 unspecified atom stereocenters. The number of carboxylic acids is 1. The predicted molar refractivity (Wildman–Crippen MR) is 133 cm³/mol. The summed E-state index contributed by atoms with van der Waals surface area (Å²) in [6, 6.07) is 11.5. The van der Waals surface area contributed by atoms with Crippen molar-refractivity contribution in [3.8, 4) is 5.69 Å². The number of rotatable bonds is 6. The van der Waals surface area contributed by atoms with Crippen LogP contribution in [-0.4, -0.2) is 42.4 Å². The molecule has 9 heteroatoms. The molecule has 0 aliphatic heterocycles. The minimum atomic E-state index is -0.809. The molecule has 5 rings (SSSR count). The van der Waals surface area contributed by atoms with Crippen LogP contribution in [0.15, 0.2) is 42.7 Å². The van der Waals surface area contributed by atoms with E-state index in [0.29, 0.717) is 29.4 Å². The van der Waals surface area contributed by atoms with Gasteiger partial charge in [0.25, 0.3) is 5.91 Å². The maximum absolute atomic E-state index is 13.1. The van der Waals surface area contributed by atoms with Crippen LogP contribution in [0.3, 0.4) is 0 Å². The number of aliphatic carboxylic acids is 1. The highest BCUT2D eigenvalue weighted by Crippen LogP contribution is 2.33. The first-order valence-corrected chi connectivity index (χ1v) is 12.0. The Labute approximate surface area is 207 Å². The lowest BCUT2D eigenvalue weighted by Gasteiger charge is -2.25. The van der Waals surface area contributed by atoms with Crippen molar-refractivity contribution >= 4 is 34.4 Å². The molecular weight excluding hydrogens is 466 g/mol. The molecule has 2 N–H and O–H groups in total. The van der Waals surface area contributed by atoms with Crippen molar-refractivity contribution in [3.05, 3.63) is 76.0 Å². The summed E-state index contributed by atoms with van der Waals surface area (Å²) in [5, 5.41) is 18.1. The minimum absolute atomic E-state index is 0.0384. The number of fused-ring (bicyclic) bond motifs is 3. The molecule has 2 aromatic heterocycles. The van der Waals surface area contributed by atoms with E-state index in [0.717, 1.165) is 35.0 Å². The molecule has 0 saturated heterocycles. The first-order valence-electron chi connectivity index (χ1n) is 11.6. The molecular formula is C26H26ClN5O3. The second kappa shape index (κ2) is 9.19. The van der Waals surface area contributed by atoms with Crippen LogP contribution in [0.1, 0.15) is 45.8 Å². The lowest BCUT2D eigenvalue weighted by molar-refractivity contribution is -0.137. The first-order chi connectivity index (χ1) is 16.8. The molecule has 1 aliphatic carbocycles. The SMILES string of the molecule is Cc1ccc2c3c(n(CCC(=O)O)c2c1)CCC(NC(=O)c1ccc(-n2cnc(C)n2)cc1Cl)C3. The van der Waals surface area contributed by atoms with Crippen LogP contribution >= 0.6 is 11.6 Å². The second-order valence-corrected chi connectivity index (χ2v) is 9.46. The fraction of sp³-hybridized carbons (Fsp3) is 0.308. The van der Waals surface area contributed by atoms with Crippen molar-refractivity contribution in [2.75, 3.05) is 0 Å². The molecule has 4 aromatic rings. The van der Waals surface area contributed by atoms with E-state index in [-0.39, 0.29) is 18.4 Å². The highest BCUT2D eigenvalue weighted by Gasteiger charge is 2.27. The van der Waals surface area contributed by atoms with Crippen LogP contribution in [0.4, 0.5) is 0 Å². The number of nitrogens with zero attached hydrogens (tertiary/aromatic N) is 4. The third-order valence-electron chi connectivity index (χ3n) is 6.58. The van der Waals surface area contributed by atoms with Crippen LogP contribution in [0.25, 0.3) is 16.6 Å². The van der Waals surface area contributed by atoms with Gasteiger partial charge in [-0.3, -0.25) is 9.59 Å². The van der Waals surface area contributed by atoms with E-state index in [2.05, 4.69) is 38.2 Å². The quantitative estimate of drug-likeness (QED) is 0.419. The molecule has 0 spiro atoms. The molecule has 1 aliphatic rings. The zero-order valence-corrected chi connectivity index (χ0v) is 20.3. The Morgan fingerprint density at radius 3 is 2.74 bits per heavy atom. The molecule has 8 nitrogen and oxygen atoms in total. The van der Waals surface area contributed by atoms with Gasteiger partial charge in [0.2, 0.25) is 0 Å². The van der Waals surface area contributed by atoms with E-state index in [1.54, 1.807) is 36.1 Å². The van der Waals surface area contributed by atoms with Crippen molar-refractivity contribution in [2.45, 2.75) is 52.1 Å². The summed E-state index contributed by atoms with van der Waals surface area (Å²) in [6.07, 6.45) is 3.91. The topological polar surface area (TPSA) is 102 Å². The molecule has 180 valence electrons. The number of hydrogen-bond acceptors (Lipinski definition) is 4. The second-order valence-electron chi connectivity index (χ2n) is 9.05. The maximum Gasteiger partial charge on any atom is 0.305 e. The lowest BCUT2D eigenvalue weighted by atomic mass is 9.91. The Balaban J connectivity index is 1.37. The number of aromatic nitrogens is 4. The number of nitrogens with one attached hydrogen (secondary N) is 1. The van der Waals surface area contributed by atoms with Gasteiger partial charge in [-0.25, -0.2) is 9.67 Å². The molecule has 0 bridgehead atoms. The standard InChI is InChI=1S/C26H26ClN5O3/c1-15-3-6-19-21-12-17(4-8-23(21)31(24(19)11-15)10-9-25(33)34)29-26(35)20-7-5-18(13-22(20)27)32-14-28-16(2)30-32/h3,5-7,11,13-14,17H,4,8-10,12H2,1-2H3,(H,29,35)(H,33,34). The van der Waals surface area contributed by atoms with Gasteiger partial charge in [-0.1, -0.05) is 23.7 Å². The van der Waals surface area contributed by atoms with Crippen LogP contribution in [-0.2, 0) is 24.2 Å². The number of hydrogen-bond donors (Lipinski definition) is 2. The Morgan fingerprint density at radius 2 is 2.03 bits per heavy atom. The Hall–Kier alpha value is -3.65. The molecule has 1 atom stereocenters. The van der Waals surface area contributed by atoms with E-state index < -0.39 is 5.97 Å². The monoisotopic (exact) mass is 491 g/mol. The number of carbonyl (C=O) groups excluding carboxylic acids is 1. The molecule has 1 amide bonds. The Morgan fingerprint density at radius 1 is 1.20 bits per heavy atom. The minimum Gasteiger partial charge on any atom is -0.481 e. The zero-order chi connectivity index (χ0) is 24.7. The number of halogens is 1. The third kappa shape index (κ3) is 4.53. The van der Waals surface area contributed by atoms with Gasteiger partial charge in [-0.2, -0.15) is 5.10 Å². The summed E-state index contributed by atoms with van der Waals surface area (Å²) in [5.41, 5.74) is 5.70. The summed E-state index contributed by atoms with van der Waals surface area (Å²) in [6.45, 7) is 4.28. The van der Waals surface area contributed by atoms with Crippen molar-refractivity contribution in [2.24, 2.45) is 0 Å². The fourth-order valence-electron chi connectivity index (χ4n) is 4.91. The average molecular weight is 492 g/mol. The number of carboxylic acid groups (broad SMARTS) is 1. The van der Waals surface area contributed by atoms with Gasteiger partial charge < -0.3 is 15.0 Å². The molecule has 0 saturated carbocycles. The smallest absolute Gasteiger partial charge is 0.305 e. The van der Waals surface area contributed by atoms with Crippen LogP contribution < -0.4 is 5.32 Å². The van der Waals surface area contributed by atoms with Crippen LogP contribution in [0.5, 0.6) is 0 Å². The van der Waals surface area contributed by atoms with Gasteiger partial charge in [0.15, 0.2) is 0 Å². The molecule has 0 radical (unpaired) electrons. The summed E-state index contributed by atoms with van der Waals surface area (Å²) >= 11 is 6.46. The largest absolute Gasteiger partial charge is 0.481 e. The summed E-state index contributed by atoms with van der Waals surface area (Å²) in [5.74, 6) is -0.370. The van der Waals surface area contributed by atoms with Gasteiger partial charge in [0.1, 0.15) is 12.2 Å². The Bertz CT molecular complexity index is 1450. The van der Waals surface area contributed by atoms with E-state index in [1.165, 1.54) is 11.3 Å². The van der Waals surface area contributed by atoms with Gasteiger partial charge in [-0.05, 0) is 68.5 Å². The summed E-state index contributed by atoms with van der Waals surface area (Å²) < 4.78 is 3.76. The highest BCUT2D eigenvalue weighted by molar-refractivity contribution is 6.34. The van der Waals surface area contributed by atoms with Gasteiger partial charge >= 0.3 is 5.97 Å². The third-order valence-corrected chi connectivity index (χ3v) is 6.89. The lowest BCUT2D eigenvalue weighted by Crippen LogP contribution is -2.39. The molecule has 0 fully saturated rings. The Kier molecular flexibility index (Phi) is 6.06. The fourth-order valence-corrected chi connectivity index (χ4v) is 5.17. The van der Waals surface area contributed by atoms with Crippen molar-refractivity contribution in [1.29, 1.82) is 0 Å². The van der Waals surface area contributed by atoms with Crippen molar-refractivity contribution in [1.82, 2.24) is 24.6 Å². The molecule has 2 aromatic carbocycles. The van der Waals surface area contributed by atoms with E-state index in [4.69, 9.17) is 11.6 Å².